The van der Waals surface area contributed by atoms with Gasteiger partial charge in [0.15, 0.2) is 0 Å². The van der Waals surface area contributed by atoms with E-state index < -0.39 is 23.6 Å². The SMILES string of the molecule is O=C(CCN1C(=O)c2ccc(Br)cc2C1=O)NNC(=O)c1cccc(Cl)c1. The largest absolute Gasteiger partial charge is 0.274 e. The van der Waals surface area contributed by atoms with Crippen molar-refractivity contribution in [2.75, 3.05) is 6.54 Å². The molecule has 0 atom stereocenters. The first-order valence-electron chi connectivity index (χ1n) is 7.87. The number of amides is 4. The molecule has 1 aliphatic heterocycles. The van der Waals surface area contributed by atoms with Gasteiger partial charge in [-0.25, -0.2) is 0 Å². The number of benzene rings is 2. The van der Waals surface area contributed by atoms with E-state index in [1.165, 1.54) is 6.07 Å². The van der Waals surface area contributed by atoms with Gasteiger partial charge in [-0.2, -0.15) is 0 Å². The molecule has 0 bridgehead atoms. The zero-order valence-corrected chi connectivity index (χ0v) is 16.1. The second kappa shape index (κ2) is 7.89. The van der Waals surface area contributed by atoms with Crippen LogP contribution in [0.4, 0.5) is 0 Å². The second-order valence-electron chi connectivity index (χ2n) is 5.71. The van der Waals surface area contributed by atoms with E-state index in [9.17, 15) is 19.2 Å². The van der Waals surface area contributed by atoms with Crippen molar-refractivity contribution in [3.63, 3.8) is 0 Å². The number of nitrogens with one attached hydrogen (secondary N) is 2. The van der Waals surface area contributed by atoms with Crippen LogP contribution in [-0.4, -0.2) is 35.1 Å². The number of halogens is 2. The third-order valence-corrected chi connectivity index (χ3v) is 4.63. The molecular formula is C18H13BrClN3O4. The predicted molar refractivity (Wildman–Crippen MR) is 101 cm³/mol. The highest BCUT2D eigenvalue weighted by Crippen LogP contribution is 2.26. The quantitative estimate of drug-likeness (QED) is 0.553. The number of carbonyl (C=O) groups is 4. The smallest absolute Gasteiger partial charge is 0.269 e. The van der Waals surface area contributed by atoms with Gasteiger partial charge in [-0.1, -0.05) is 33.6 Å². The number of hydrazine groups is 1. The summed E-state index contributed by atoms with van der Waals surface area (Å²) in [5, 5.41) is 0.395. The lowest BCUT2D eigenvalue weighted by Crippen LogP contribution is -2.43. The zero-order chi connectivity index (χ0) is 19.6. The van der Waals surface area contributed by atoms with Gasteiger partial charge in [0, 0.05) is 28.0 Å². The Labute approximate surface area is 167 Å². The summed E-state index contributed by atoms with van der Waals surface area (Å²) in [7, 11) is 0. The Morgan fingerprint density at radius 2 is 1.74 bits per heavy atom. The van der Waals surface area contributed by atoms with Crippen molar-refractivity contribution in [2.24, 2.45) is 0 Å². The van der Waals surface area contributed by atoms with E-state index in [2.05, 4.69) is 26.8 Å². The molecule has 0 spiro atoms. The highest BCUT2D eigenvalue weighted by Gasteiger charge is 2.35. The number of hydrogen-bond donors (Lipinski definition) is 2. The van der Waals surface area contributed by atoms with Gasteiger partial charge in [-0.3, -0.25) is 34.9 Å². The Morgan fingerprint density at radius 1 is 1.00 bits per heavy atom. The van der Waals surface area contributed by atoms with Crippen LogP contribution in [-0.2, 0) is 4.79 Å². The molecule has 7 nitrogen and oxygen atoms in total. The lowest BCUT2D eigenvalue weighted by atomic mass is 10.1. The molecule has 0 saturated heterocycles. The summed E-state index contributed by atoms with van der Waals surface area (Å²) in [5.74, 6) is -1.97. The molecule has 1 heterocycles. The maximum absolute atomic E-state index is 12.3. The molecule has 138 valence electrons. The fourth-order valence-electron chi connectivity index (χ4n) is 2.57. The number of fused-ring (bicyclic) bond motifs is 1. The molecule has 2 N–H and O–H groups in total. The normalized spacial score (nSPS) is 12.7. The molecule has 0 aliphatic carbocycles. The lowest BCUT2D eigenvalue weighted by molar-refractivity contribution is -0.121. The van der Waals surface area contributed by atoms with Crippen LogP contribution in [0.1, 0.15) is 37.5 Å². The van der Waals surface area contributed by atoms with Gasteiger partial charge >= 0.3 is 0 Å². The van der Waals surface area contributed by atoms with Crippen LogP contribution in [0.5, 0.6) is 0 Å². The first kappa shape index (κ1) is 19.1. The van der Waals surface area contributed by atoms with Crippen LogP contribution < -0.4 is 10.9 Å². The molecule has 0 fully saturated rings. The number of hydrogen-bond acceptors (Lipinski definition) is 4. The predicted octanol–water partition coefficient (Wildman–Crippen LogP) is 2.55. The zero-order valence-electron chi connectivity index (χ0n) is 13.8. The van der Waals surface area contributed by atoms with Gasteiger partial charge in [-0.15, -0.1) is 0 Å². The maximum atomic E-state index is 12.3. The van der Waals surface area contributed by atoms with Gasteiger partial charge < -0.3 is 0 Å². The molecule has 0 radical (unpaired) electrons. The highest BCUT2D eigenvalue weighted by atomic mass is 79.9. The fraction of sp³-hybridized carbons (Fsp3) is 0.111. The minimum atomic E-state index is -0.539. The van der Waals surface area contributed by atoms with E-state index in [-0.39, 0.29) is 18.5 Å². The minimum Gasteiger partial charge on any atom is -0.274 e. The highest BCUT2D eigenvalue weighted by molar-refractivity contribution is 9.10. The van der Waals surface area contributed by atoms with E-state index >= 15 is 0 Å². The van der Waals surface area contributed by atoms with Gasteiger partial charge in [0.05, 0.1) is 11.1 Å². The van der Waals surface area contributed by atoms with Crippen LogP contribution in [0.25, 0.3) is 0 Å². The first-order valence-corrected chi connectivity index (χ1v) is 9.04. The standard InChI is InChI=1S/C18H13BrClN3O4/c19-11-4-5-13-14(9-11)18(27)23(17(13)26)7-6-15(24)21-22-16(25)10-2-1-3-12(20)8-10/h1-5,8-9H,6-7H2,(H,21,24)(H,22,25). The second-order valence-corrected chi connectivity index (χ2v) is 7.07. The molecule has 0 aromatic heterocycles. The molecular weight excluding hydrogens is 438 g/mol. The summed E-state index contributed by atoms with van der Waals surface area (Å²) < 4.78 is 0.686. The van der Waals surface area contributed by atoms with Crippen LogP contribution in [0.15, 0.2) is 46.9 Å². The third-order valence-electron chi connectivity index (χ3n) is 3.90. The van der Waals surface area contributed by atoms with Crippen LogP contribution >= 0.6 is 27.5 Å². The van der Waals surface area contributed by atoms with E-state index in [1.54, 1.807) is 36.4 Å². The molecule has 4 amide bonds. The minimum absolute atomic E-state index is 0.0944. The average molecular weight is 451 g/mol. The number of rotatable bonds is 4. The first-order chi connectivity index (χ1) is 12.9. The number of imide groups is 1. The fourth-order valence-corrected chi connectivity index (χ4v) is 3.12. The average Bonchev–Trinajstić information content (AvgIpc) is 2.88. The molecule has 1 aliphatic rings. The summed E-state index contributed by atoms with van der Waals surface area (Å²) in [6.45, 7) is -0.0944. The number of carbonyl (C=O) groups excluding carboxylic acids is 4. The summed E-state index contributed by atoms with van der Waals surface area (Å²) in [4.78, 5) is 49.5. The van der Waals surface area contributed by atoms with Gasteiger partial charge in [0.2, 0.25) is 5.91 Å². The Balaban J connectivity index is 1.53. The van der Waals surface area contributed by atoms with Crippen molar-refractivity contribution in [2.45, 2.75) is 6.42 Å². The summed E-state index contributed by atoms with van der Waals surface area (Å²) >= 11 is 9.07. The third kappa shape index (κ3) is 4.17. The van der Waals surface area contributed by atoms with Crippen LogP contribution in [0.2, 0.25) is 5.02 Å². The van der Waals surface area contributed by atoms with E-state index in [0.29, 0.717) is 20.6 Å². The summed E-state index contributed by atoms with van der Waals surface area (Å²) in [6, 6.07) is 11.0. The molecule has 2 aromatic carbocycles. The monoisotopic (exact) mass is 449 g/mol. The molecule has 0 unspecified atom stereocenters. The maximum Gasteiger partial charge on any atom is 0.269 e. The summed E-state index contributed by atoms with van der Waals surface area (Å²) in [5.41, 5.74) is 5.39. The molecule has 9 heteroatoms. The van der Waals surface area contributed by atoms with Crippen molar-refractivity contribution in [3.05, 3.63) is 68.7 Å². The Kier molecular flexibility index (Phi) is 5.57. The number of nitrogens with zero attached hydrogens (tertiary/aromatic N) is 1. The molecule has 27 heavy (non-hydrogen) atoms. The van der Waals surface area contributed by atoms with E-state index in [0.717, 1.165) is 4.90 Å². The van der Waals surface area contributed by atoms with E-state index in [1.807, 2.05) is 0 Å². The Hall–Kier alpha value is -2.71. The molecule has 3 rings (SSSR count). The molecule has 0 saturated carbocycles. The van der Waals surface area contributed by atoms with Crippen LogP contribution in [0.3, 0.4) is 0 Å². The van der Waals surface area contributed by atoms with Gasteiger partial charge in [0.25, 0.3) is 17.7 Å². The van der Waals surface area contributed by atoms with Crippen molar-refractivity contribution in [1.29, 1.82) is 0 Å². The van der Waals surface area contributed by atoms with Crippen molar-refractivity contribution >= 4 is 51.2 Å². The van der Waals surface area contributed by atoms with Crippen molar-refractivity contribution in [1.82, 2.24) is 15.8 Å². The van der Waals surface area contributed by atoms with Gasteiger partial charge in [0.1, 0.15) is 0 Å². The lowest BCUT2D eigenvalue weighted by Gasteiger charge is -2.13. The Morgan fingerprint density at radius 3 is 2.48 bits per heavy atom. The van der Waals surface area contributed by atoms with Crippen molar-refractivity contribution < 1.29 is 19.2 Å². The van der Waals surface area contributed by atoms with Crippen LogP contribution in [0, 0.1) is 0 Å². The molecule has 2 aromatic rings. The topological polar surface area (TPSA) is 95.6 Å². The van der Waals surface area contributed by atoms with Gasteiger partial charge in [-0.05, 0) is 36.4 Å². The Bertz CT molecular complexity index is 963. The van der Waals surface area contributed by atoms with E-state index in [4.69, 9.17) is 11.6 Å². The summed E-state index contributed by atoms with van der Waals surface area (Å²) in [6.07, 6.45) is -0.150. The van der Waals surface area contributed by atoms with Crippen molar-refractivity contribution in [3.8, 4) is 0 Å².